The number of rotatable bonds is 2. The fourth-order valence-corrected chi connectivity index (χ4v) is 6.06. The molecule has 0 aromatic carbocycles. The Morgan fingerprint density at radius 1 is 0.870 bits per heavy atom. The third kappa shape index (κ3) is 1.72. The van der Waals surface area contributed by atoms with Gasteiger partial charge in [-0.3, -0.25) is 9.59 Å². The van der Waals surface area contributed by atoms with Gasteiger partial charge >= 0.3 is 11.9 Å². The number of methoxy groups -OCH3 is 2. The molecule has 0 aliphatic heterocycles. The van der Waals surface area contributed by atoms with E-state index >= 15 is 0 Å². The highest BCUT2D eigenvalue weighted by atomic mass is 16.5. The summed E-state index contributed by atoms with van der Waals surface area (Å²) in [6, 6.07) is 0. The molecule has 124 valence electrons. The van der Waals surface area contributed by atoms with Gasteiger partial charge in [-0.1, -0.05) is 22.3 Å². The van der Waals surface area contributed by atoms with Crippen LogP contribution in [0.3, 0.4) is 0 Å². The lowest BCUT2D eigenvalue weighted by molar-refractivity contribution is -0.158. The molecule has 4 aliphatic carbocycles. The molecule has 0 amide bonds. The van der Waals surface area contributed by atoms with Crippen molar-refractivity contribution in [3.8, 4) is 0 Å². The number of carbonyl (C=O) groups excluding carboxylic acids is 2. The molecule has 4 bridgehead atoms. The van der Waals surface area contributed by atoms with Gasteiger partial charge in [0.25, 0.3) is 0 Å². The fraction of sp³-hybridized carbons (Fsp3) is 0.684. The Bertz CT molecular complexity index is 604. The van der Waals surface area contributed by atoms with Crippen molar-refractivity contribution in [1.82, 2.24) is 0 Å². The summed E-state index contributed by atoms with van der Waals surface area (Å²) in [5.74, 6) is 0.0525. The van der Waals surface area contributed by atoms with Crippen LogP contribution in [0.4, 0.5) is 0 Å². The number of fused-ring (bicyclic) bond motifs is 8. The Kier molecular flexibility index (Phi) is 3.23. The normalized spacial score (nSPS) is 39.7. The predicted octanol–water partition coefficient (Wildman–Crippen LogP) is 2.89. The molecule has 0 aromatic heterocycles. The van der Waals surface area contributed by atoms with E-state index in [1.54, 1.807) is 0 Å². The fourth-order valence-electron chi connectivity index (χ4n) is 6.06. The van der Waals surface area contributed by atoms with Crippen LogP contribution in [-0.4, -0.2) is 26.2 Å². The molecule has 4 aliphatic rings. The van der Waals surface area contributed by atoms with Gasteiger partial charge in [0.2, 0.25) is 0 Å². The third-order valence-electron chi connectivity index (χ3n) is 6.62. The molecule has 4 rings (SSSR count). The van der Waals surface area contributed by atoms with Gasteiger partial charge in [-0.05, 0) is 44.9 Å². The van der Waals surface area contributed by atoms with Gasteiger partial charge in [0, 0.05) is 11.8 Å². The molecule has 0 radical (unpaired) electrons. The maximum absolute atomic E-state index is 12.5. The molecule has 4 heteroatoms. The maximum atomic E-state index is 12.5. The third-order valence-corrected chi connectivity index (χ3v) is 6.62. The molecular formula is C19H24O4. The molecular weight excluding hydrogens is 292 g/mol. The highest BCUT2D eigenvalue weighted by Crippen LogP contribution is 2.69. The van der Waals surface area contributed by atoms with Crippen LogP contribution in [0, 0.1) is 35.5 Å². The second kappa shape index (κ2) is 4.96. The Balaban J connectivity index is 1.90. The van der Waals surface area contributed by atoms with Crippen LogP contribution in [0.25, 0.3) is 0 Å². The molecule has 23 heavy (non-hydrogen) atoms. The molecule has 0 N–H and O–H groups in total. The average Bonchev–Trinajstić information content (AvgIpc) is 3.27. The van der Waals surface area contributed by atoms with Gasteiger partial charge in [0.15, 0.2) is 0 Å². The zero-order valence-electron chi connectivity index (χ0n) is 14.2. The number of hydrogen-bond acceptors (Lipinski definition) is 4. The summed E-state index contributed by atoms with van der Waals surface area (Å²) in [4.78, 5) is 25.0. The van der Waals surface area contributed by atoms with Crippen molar-refractivity contribution in [3.63, 3.8) is 0 Å². The Morgan fingerprint density at radius 3 is 1.65 bits per heavy atom. The first-order valence-corrected chi connectivity index (χ1v) is 8.58. The van der Waals surface area contributed by atoms with E-state index in [0.717, 1.165) is 0 Å². The van der Waals surface area contributed by atoms with Gasteiger partial charge in [-0.2, -0.15) is 0 Å². The van der Waals surface area contributed by atoms with Crippen molar-refractivity contribution in [3.05, 3.63) is 22.3 Å². The minimum Gasteiger partial charge on any atom is -0.469 e. The van der Waals surface area contributed by atoms with Crippen molar-refractivity contribution in [2.45, 2.75) is 33.1 Å². The zero-order valence-corrected chi connectivity index (χ0v) is 14.2. The summed E-state index contributed by atoms with van der Waals surface area (Å²) >= 11 is 0. The summed E-state index contributed by atoms with van der Waals surface area (Å²) in [7, 11) is 2.84. The lowest BCUT2D eigenvalue weighted by atomic mass is 9.71. The Hall–Kier alpha value is -1.58. The quantitative estimate of drug-likeness (QED) is 0.446. The van der Waals surface area contributed by atoms with Gasteiger partial charge in [-0.25, -0.2) is 0 Å². The number of esters is 2. The molecule has 0 saturated heterocycles. The van der Waals surface area contributed by atoms with Crippen LogP contribution < -0.4 is 0 Å². The Labute approximate surface area is 136 Å². The molecule has 6 atom stereocenters. The van der Waals surface area contributed by atoms with E-state index < -0.39 is 11.8 Å². The summed E-state index contributed by atoms with van der Waals surface area (Å²) < 4.78 is 10.2. The highest BCUT2D eigenvalue weighted by molar-refractivity contribution is 5.87. The lowest BCUT2D eigenvalue weighted by Gasteiger charge is -2.32. The van der Waals surface area contributed by atoms with Crippen molar-refractivity contribution in [2.24, 2.45) is 35.5 Å². The van der Waals surface area contributed by atoms with Gasteiger partial charge < -0.3 is 9.47 Å². The predicted molar refractivity (Wildman–Crippen MR) is 84.2 cm³/mol. The molecule has 2 saturated carbocycles. The standard InChI is InChI=1S/C19H24O4/c1-8(2)11-14-12-9-5-6-10(7-9)13(12)15(11)17(19(21)23-4)16(14)18(20)22-3/h9-10,14-17H,5-7H2,1-4H3/t9-,10-,14+,15+,16+,17+/m0/s1. The number of allylic oxidation sites excluding steroid dienone is 4. The van der Waals surface area contributed by atoms with Crippen LogP contribution in [-0.2, 0) is 19.1 Å². The van der Waals surface area contributed by atoms with E-state index in [9.17, 15) is 9.59 Å². The van der Waals surface area contributed by atoms with Crippen LogP contribution in [0.15, 0.2) is 22.3 Å². The first-order chi connectivity index (χ1) is 11.0. The highest BCUT2D eigenvalue weighted by Gasteiger charge is 2.65. The molecule has 0 unspecified atom stereocenters. The molecule has 4 nitrogen and oxygen atoms in total. The van der Waals surface area contributed by atoms with Crippen LogP contribution in [0.1, 0.15) is 33.1 Å². The topological polar surface area (TPSA) is 52.6 Å². The molecule has 0 spiro atoms. The summed E-state index contributed by atoms with van der Waals surface area (Å²) in [6.07, 6.45) is 3.69. The zero-order chi connectivity index (χ0) is 16.5. The first kappa shape index (κ1) is 15.0. The van der Waals surface area contributed by atoms with Gasteiger partial charge in [0.1, 0.15) is 0 Å². The van der Waals surface area contributed by atoms with Crippen LogP contribution in [0.2, 0.25) is 0 Å². The summed E-state index contributed by atoms with van der Waals surface area (Å²) in [6.45, 7) is 4.21. The summed E-state index contributed by atoms with van der Waals surface area (Å²) in [5.41, 5.74) is 5.52. The van der Waals surface area contributed by atoms with E-state index in [1.165, 1.54) is 55.8 Å². The van der Waals surface area contributed by atoms with Crippen molar-refractivity contribution < 1.29 is 19.1 Å². The average molecular weight is 316 g/mol. The first-order valence-electron chi connectivity index (χ1n) is 8.58. The van der Waals surface area contributed by atoms with Crippen LogP contribution >= 0.6 is 0 Å². The minimum atomic E-state index is -0.402. The SMILES string of the molecule is COC(=O)[C@@H]1[C@H]2C3=C([C@H]4CC[C@H]3C4)[C@@H](C2=C(C)C)[C@H]1C(=O)OC. The van der Waals surface area contributed by atoms with E-state index in [-0.39, 0.29) is 23.8 Å². The van der Waals surface area contributed by atoms with Gasteiger partial charge in [-0.15, -0.1) is 0 Å². The van der Waals surface area contributed by atoms with E-state index in [2.05, 4.69) is 13.8 Å². The molecule has 0 heterocycles. The smallest absolute Gasteiger partial charge is 0.310 e. The second-order valence-electron chi connectivity index (χ2n) is 7.63. The monoisotopic (exact) mass is 316 g/mol. The number of carbonyl (C=O) groups is 2. The second-order valence-corrected chi connectivity index (χ2v) is 7.63. The van der Waals surface area contributed by atoms with E-state index in [4.69, 9.17) is 9.47 Å². The largest absolute Gasteiger partial charge is 0.469 e. The molecule has 2 fully saturated rings. The Morgan fingerprint density at radius 2 is 1.30 bits per heavy atom. The molecule has 0 aromatic rings. The van der Waals surface area contributed by atoms with Gasteiger partial charge in [0.05, 0.1) is 26.1 Å². The number of ether oxygens (including phenoxy) is 2. The minimum absolute atomic E-state index is 0.0758. The van der Waals surface area contributed by atoms with Crippen molar-refractivity contribution in [1.29, 1.82) is 0 Å². The van der Waals surface area contributed by atoms with Crippen molar-refractivity contribution in [2.75, 3.05) is 14.2 Å². The van der Waals surface area contributed by atoms with E-state index in [1.807, 2.05) is 0 Å². The number of hydrogen-bond donors (Lipinski definition) is 0. The van der Waals surface area contributed by atoms with Crippen molar-refractivity contribution >= 4 is 11.9 Å². The van der Waals surface area contributed by atoms with E-state index in [0.29, 0.717) is 11.8 Å². The lowest BCUT2D eigenvalue weighted by Crippen LogP contribution is -2.38. The maximum Gasteiger partial charge on any atom is 0.310 e. The summed E-state index contributed by atoms with van der Waals surface area (Å²) in [5, 5.41) is 0. The van der Waals surface area contributed by atoms with Crippen LogP contribution in [0.5, 0.6) is 0 Å².